The molecule has 3 atom stereocenters. The van der Waals surface area contributed by atoms with E-state index < -0.39 is 34.7 Å². The molecule has 1 saturated heterocycles. The largest absolute Gasteiger partial charge is 0.508 e. The highest BCUT2D eigenvalue weighted by atomic mass is 32.2. The molecule has 0 aromatic heterocycles. The molecular formula is C34H41N3O7S. The van der Waals surface area contributed by atoms with Gasteiger partial charge in [0.15, 0.2) is 17.6 Å². The van der Waals surface area contributed by atoms with Crippen molar-refractivity contribution in [3.05, 3.63) is 88.5 Å². The molecule has 1 fully saturated rings. The normalized spacial score (nSPS) is 16.9. The standard InChI is InChI=1S/C34H41N3O7S/c1-20-10-7-8-11-23(20)18-35-32(41)30-34(3,4)45-19-37(30)33(42)29(39)25(16-22-14-15-27(43-5)28(17-22)44-6)36-31(40)24-12-9-13-26(38)21(24)2/h7-15,17,25,29-30,38-39H,16,18-19H2,1-6H3,(H,35,41)(H,36,40)/t25-,29-,30+/m0/s1. The van der Waals surface area contributed by atoms with Gasteiger partial charge in [0, 0.05) is 22.4 Å². The van der Waals surface area contributed by atoms with Gasteiger partial charge in [-0.1, -0.05) is 36.4 Å². The SMILES string of the molecule is COc1ccc(C[C@H](NC(=O)c2cccc(O)c2C)[C@H](O)C(=O)N2CSC(C)(C)[C@H]2C(=O)NCc2ccccc2C)cc1OC. The topological polar surface area (TPSA) is 137 Å². The number of hydrogen-bond acceptors (Lipinski definition) is 8. The van der Waals surface area contributed by atoms with Crippen molar-refractivity contribution in [1.29, 1.82) is 0 Å². The van der Waals surface area contributed by atoms with Crippen molar-refractivity contribution in [3.63, 3.8) is 0 Å². The number of phenolic OH excluding ortho intramolecular Hbond substituents is 1. The summed E-state index contributed by atoms with van der Waals surface area (Å²) in [6.45, 7) is 7.66. The summed E-state index contributed by atoms with van der Waals surface area (Å²) in [7, 11) is 3.02. The van der Waals surface area contributed by atoms with Gasteiger partial charge in [-0.25, -0.2) is 0 Å². The molecule has 1 heterocycles. The smallest absolute Gasteiger partial charge is 0.254 e. The van der Waals surface area contributed by atoms with Crippen LogP contribution in [-0.4, -0.2) is 75.9 Å². The molecule has 4 N–H and O–H groups in total. The lowest BCUT2D eigenvalue weighted by Gasteiger charge is -2.33. The minimum absolute atomic E-state index is 0.0495. The Labute approximate surface area is 268 Å². The lowest BCUT2D eigenvalue weighted by atomic mass is 9.96. The van der Waals surface area contributed by atoms with Crippen LogP contribution < -0.4 is 20.1 Å². The second kappa shape index (κ2) is 14.3. The van der Waals surface area contributed by atoms with E-state index in [9.17, 15) is 24.6 Å². The minimum atomic E-state index is -1.69. The fourth-order valence-electron chi connectivity index (χ4n) is 5.46. The number of aliphatic hydroxyl groups excluding tert-OH is 1. The number of carbonyl (C=O) groups is 3. The zero-order valence-corrected chi connectivity index (χ0v) is 27.2. The fourth-order valence-corrected chi connectivity index (χ4v) is 6.60. The van der Waals surface area contributed by atoms with Crippen LogP contribution in [0.4, 0.5) is 0 Å². The van der Waals surface area contributed by atoms with Gasteiger partial charge >= 0.3 is 0 Å². The highest BCUT2D eigenvalue weighted by Gasteiger charge is 2.49. The van der Waals surface area contributed by atoms with Crippen LogP contribution in [0.1, 0.15) is 46.5 Å². The maximum Gasteiger partial charge on any atom is 0.254 e. The number of carbonyl (C=O) groups excluding carboxylic acids is 3. The summed E-state index contributed by atoms with van der Waals surface area (Å²) in [6, 6.07) is 15.5. The molecule has 1 aliphatic rings. The lowest BCUT2D eigenvalue weighted by molar-refractivity contribution is -0.147. The number of aromatic hydroxyl groups is 1. The Morgan fingerprint density at radius 3 is 2.42 bits per heavy atom. The summed E-state index contributed by atoms with van der Waals surface area (Å²) in [6.07, 6.45) is -1.63. The summed E-state index contributed by atoms with van der Waals surface area (Å²) in [5, 5.41) is 27.6. The zero-order valence-electron chi connectivity index (χ0n) is 26.4. The van der Waals surface area contributed by atoms with E-state index in [2.05, 4.69) is 10.6 Å². The molecule has 1 aliphatic heterocycles. The molecule has 3 amide bonds. The number of nitrogens with zero attached hydrogens (tertiary/aromatic N) is 1. The fraction of sp³-hybridized carbons (Fsp3) is 0.382. The Morgan fingerprint density at radius 1 is 1.02 bits per heavy atom. The van der Waals surface area contributed by atoms with E-state index in [4.69, 9.17) is 9.47 Å². The van der Waals surface area contributed by atoms with Crippen molar-refractivity contribution in [2.24, 2.45) is 0 Å². The van der Waals surface area contributed by atoms with Gasteiger partial charge in [-0.3, -0.25) is 14.4 Å². The van der Waals surface area contributed by atoms with E-state index in [-0.39, 0.29) is 29.5 Å². The van der Waals surface area contributed by atoms with Crippen LogP contribution in [0.2, 0.25) is 0 Å². The van der Waals surface area contributed by atoms with Gasteiger partial charge in [0.05, 0.1) is 26.1 Å². The first-order valence-electron chi connectivity index (χ1n) is 14.6. The van der Waals surface area contributed by atoms with Crippen LogP contribution in [0.25, 0.3) is 0 Å². The summed E-state index contributed by atoms with van der Waals surface area (Å²) in [5.41, 5.74) is 3.24. The molecule has 0 bridgehead atoms. The van der Waals surface area contributed by atoms with Gasteiger partial charge in [-0.15, -0.1) is 11.8 Å². The zero-order chi connectivity index (χ0) is 32.9. The molecule has 4 rings (SSSR count). The van der Waals surface area contributed by atoms with Crippen LogP contribution in [0.15, 0.2) is 60.7 Å². The van der Waals surface area contributed by atoms with Crippen LogP contribution in [0.3, 0.4) is 0 Å². The first kappa shape index (κ1) is 33.7. The second-order valence-electron chi connectivity index (χ2n) is 11.6. The number of aryl methyl sites for hydroxylation is 1. The second-order valence-corrected chi connectivity index (χ2v) is 13.2. The summed E-state index contributed by atoms with van der Waals surface area (Å²) in [5.74, 6) is -0.478. The number of nitrogens with one attached hydrogen (secondary N) is 2. The molecule has 10 nitrogen and oxygen atoms in total. The number of amides is 3. The molecular weight excluding hydrogens is 594 g/mol. The summed E-state index contributed by atoms with van der Waals surface area (Å²) in [4.78, 5) is 42.4. The maximum absolute atomic E-state index is 14.0. The average molecular weight is 636 g/mol. The number of aliphatic hydroxyl groups is 1. The van der Waals surface area contributed by atoms with E-state index in [0.717, 1.165) is 11.1 Å². The summed E-state index contributed by atoms with van der Waals surface area (Å²) < 4.78 is 10.1. The third-order valence-electron chi connectivity index (χ3n) is 8.20. The van der Waals surface area contributed by atoms with Crippen LogP contribution >= 0.6 is 11.8 Å². The van der Waals surface area contributed by atoms with E-state index in [1.165, 1.54) is 36.9 Å². The molecule has 0 saturated carbocycles. The third kappa shape index (κ3) is 7.54. The first-order chi connectivity index (χ1) is 21.4. The van der Waals surface area contributed by atoms with Crippen molar-refractivity contribution < 1.29 is 34.1 Å². The van der Waals surface area contributed by atoms with Gasteiger partial charge in [0.1, 0.15) is 11.8 Å². The van der Waals surface area contributed by atoms with E-state index in [1.54, 1.807) is 37.3 Å². The monoisotopic (exact) mass is 635 g/mol. The van der Waals surface area contributed by atoms with Crippen molar-refractivity contribution >= 4 is 29.5 Å². The number of thioether (sulfide) groups is 1. The first-order valence-corrected chi connectivity index (χ1v) is 15.6. The Kier molecular flexibility index (Phi) is 10.7. The quantitative estimate of drug-likeness (QED) is 0.250. The van der Waals surface area contributed by atoms with Crippen molar-refractivity contribution in [2.75, 3.05) is 20.1 Å². The minimum Gasteiger partial charge on any atom is -0.508 e. The van der Waals surface area contributed by atoms with Crippen LogP contribution in [-0.2, 0) is 22.6 Å². The Balaban J connectivity index is 1.61. The number of phenols is 1. The number of rotatable bonds is 11. The van der Waals surface area contributed by atoms with Gasteiger partial charge < -0.3 is 35.2 Å². The van der Waals surface area contributed by atoms with E-state index in [0.29, 0.717) is 29.2 Å². The van der Waals surface area contributed by atoms with E-state index in [1.807, 2.05) is 45.0 Å². The van der Waals surface area contributed by atoms with E-state index >= 15 is 0 Å². The number of benzene rings is 3. The van der Waals surface area contributed by atoms with Gasteiger partial charge in [0.25, 0.3) is 11.8 Å². The Bertz CT molecular complexity index is 1560. The highest BCUT2D eigenvalue weighted by Crippen LogP contribution is 2.40. The molecule has 11 heteroatoms. The van der Waals surface area contributed by atoms with Crippen LogP contribution in [0.5, 0.6) is 17.2 Å². The molecule has 0 unspecified atom stereocenters. The number of methoxy groups -OCH3 is 2. The molecule has 0 aliphatic carbocycles. The van der Waals surface area contributed by atoms with Crippen LogP contribution in [0, 0.1) is 13.8 Å². The molecule has 3 aromatic rings. The molecule has 0 spiro atoms. The summed E-state index contributed by atoms with van der Waals surface area (Å²) >= 11 is 1.44. The molecule has 45 heavy (non-hydrogen) atoms. The molecule has 240 valence electrons. The number of hydrogen-bond donors (Lipinski definition) is 4. The van der Waals surface area contributed by atoms with Gasteiger partial charge in [-0.2, -0.15) is 0 Å². The van der Waals surface area contributed by atoms with Crippen molar-refractivity contribution in [3.8, 4) is 17.2 Å². The predicted octanol–water partition coefficient (Wildman–Crippen LogP) is 3.72. The Morgan fingerprint density at radius 2 is 1.73 bits per heavy atom. The average Bonchev–Trinajstić information content (AvgIpc) is 3.35. The maximum atomic E-state index is 14.0. The van der Waals surface area contributed by atoms with Gasteiger partial charge in [0.2, 0.25) is 5.91 Å². The lowest BCUT2D eigenvalue weighted by Crippen LogP contribution is -2.58. The molecule has 3 aromatic carbocycles. The molecule has 0 radical (unpaired) electrons. The van der Waals surface area contributed by atoms with Crippen molar-refractivity contribution in [2.45, 2.75) is 63.6 Å². The highest BCUT2D eigenvalue weighted by molar-refractivity contribution is 8.00. The predicted molar refractivity (Wildman–Crippen MR) is 174 cm³/mol. The number of ether oxygens (including phenoxy) is 2. The van der Waals surface area contributed by atoms with Crippen molar-refractivity contribution in [1.82, 2.24) is 15.5 Å². The third-order valence-corrected chi connectivity index (χ3v) is 9.57. The Hall–Kier alpha value is -4.22. The van der Waals surface area contributed by atoms with Gasteiger partial charge in [-0.05, 0) is 75.1 Å².